The number of aliphatic hydroxyl groups is 1. The van der Waals surface area contributed by atoms with E-state index in [1.165, 1.54) is 18.2 Å². The Morgan fingerprint density at radius 3 is 2.50 bits per heavy atom. The Morgan fingerprint density at radius 2 is 1.86 bits per heavy atom. The molecule has 1 atom stereocenters. The van der Waals surface area contributed by atoms with Gasteiger partial charge in [0, 0.05) is 6.54 Å². The Balaban J connectivity index is 2.09. The van der Waals surface area contributed by atoms with Crippen LogP contribution in [0.2, 0.25) is 0 Å². The van der Waals surface area contributed by atoms with Crippen LogP contribution >= 0.6 is 0 Å². The Bertz CT molecular complexity index is 684. The smallest absolute Gasteiger partial charge is 0.255 e. The van der Waals surface area contributed by atoms with E-state index in [9.17, 15) is 23.8 Å². The Morgan fingerprint density at radius 1 is 1.23 bits per heavy atom. The van der Waals surface area contributed by atoms with Gasteiger partial charge in [-0.05, 0) is 31.2 Å². The lowest BCUT2D eigenvalue weighted by molar-refractivity contribution is 0.0908. The molecule has 0 aromatic heterocycles. The number of carbonyl (C=O) groups is 1. The number of phenols is 1. The minimum atomic E-state index is -1.53. The van der Waals surface area contributed by atoms with Gasteiger partial charge in [0.1, 0.15) is 23.5 Å². The molecular weight excluding hydrogens is 292 g/mol. The molecule has 0 fully saturated rings. The van der Waals surface area contributed by atoms with Crippen molar-refractivity contribution < 1.29 is 23.8 Å². The van der Waals surface area contributed by atoms with Gasteiger partial charge < -0.3 is 15.5 Å². The van der Waals surface area contributed by atoms with Gasteiger partial charge in [-0.15, -0.1) is 0 Å². The number of benzene rings is 2. The fourth-order valence-corrected chi connectivity index (χ4v) is 2.05. The Hall–Kier alpha value is -2.47. The number of hydrogen-bond donors (Lipinski definition) is 3. The van der Waals surface area contributed by atoms with E-state index in [0.29, 0.717) is 0 Å². The first-order valence-corrected chi connectivity index (χ1v) is 6.60. The van der Waals surface area contributed by atoms with E-state index in [4.69, 9.17) is 0 Å². The molecule has 22 heavy (non-hydrogen) atoms. The predicted octanol–water partition coefficient (Wildman–Crippen LogP) is 2.44. The second-order valence-corrected chi connectivity index (χ2v) is 4.88. The third kappa shape index (κ3) is 3.40. The summed E-state index contributed by atoms with van der Waals surface area (Å²) in [6.07, 6.45) is -1.53. The van der Waals surface area contributed by atoms with Gasteiger partial charge in [0.2, 0.25) is 0 Å². The average molecular weight is 307 g/mol. The number of phenolic OH excluding ortho intramolecular Hbond substituents is 1. The topological polar surface area (TPSA) is 69.6 Å². The SMILES string of the molecule is Cc1ccc(O)c(C(=O)NCC(O)c2c(F)cccc2F)c1. The molecule has 0 aliphatic carbocycles. The highest BCUT2D eigenvalue weighted by Gasteiger charge is 2.19. The third-order valence-corrected chi connectivity index (χ3v) is 3.19. The molecule has 0 spiro atoms. The lowest BCUT2D eigenvalue weighted by Gasteiger charge is -2.14. The Labute approximate surface area is 126 Å². The van der Waals surface area contributed by atoms with Gasteiger partial charge in [-0.1, -0.05) is 17.7 Å². The van der Waals surface area contributed by atoms with Crippen LogP contribution in [0.3, 0.4) is 0 Å². The maximum Gasteiger partial charge on any atom is 0.255 e. The summed E-state index contributed by atoms with van der Waals surface area (Å²) in [5.74, 6) is -2.63. The first-order chi connectivity index (χ1) is 10.4. The number of aryl methyl sites for hydroxylation is 1. The van der Waals surface area contributed by atoms with E-state index >= 15 is 0 Å². The predicted molar refractivity (Wildman–Crippen MR) is 76.5 cm³/mol. The van der Waals surface area contributed by atoms with Crippen molar-refractivity contribution in [1.29, 1.82) is 0 Å². The van der Waals surface area contributed by atoms with Crippen LogP contribution in [0.4, 0.5) is 8.78 Å². The van der Waals surface area contributed by atoms with Crippen molar-refractivity contribution in [3.05, 3.63) is 64.7 Å². The number of halogens is 2. The molecule has 2 rings (SSSR count). The summed E-state index contributed by atoms with van der Waals surface area (Å²) in [5.41, 5.74) is 0.293. The van der Waals surface area contributed by atoms with Gasteiger partial charge in [-0.2, -0.15) is 0 Å². The molecule has 6 heteroatoms. The normalized spacial score (nSPS) is 12.0. The van der Waals surface area contributed by atoms with Crippen molar-refractivity contribution >= 4 is 5.91 Å². The van der Waals surface area contributed by atoms with Crippen molar-refractivity contribution in [3.63, 3.8) is 0 Å². The van der Waals surface area contributed by atoms with Gasteiger partial charge in [-0.3, -0.25) is 4.79 Å². The molecule has 0 radical (unpaired) electrons. The highest BCUT2D eigenvalue weighted by molar-refractivity contribution is 5.97. The fraction of sp³-hybridized carbons (Fsp3) is 0.188. The summed E-state index contributed by atoms with van der Waals surface area (Å²) in [4.78, 5) is 12.0. The maximum absolute atomic E-state index is 13.5. The van der Waals surface area contributed by atoms with Gasteiger partial charge in [-0.25, -0.2) is 8.78 Å². The number of carbonyl (C=O) groups excluding carboxylic acids is 1. The molecule has 0 saturated heterocycles. The molecule has 0 aliphatic rings. The average Bonchev–Trinajstić information content (AvgIpc) is 2.47. The second-order valence-electron chi connectivity index (χ2n) is 4.88. The number of rotatable bonds is 4. The highest BCUT2D eigenvalue weighted by Crippen LogP contribution is 2.21. The van der Waals surface area contributed by atoms with Crippen LogP contribution in [0.15, 0.2) is 36.4 Å². The molecule has 2 aromatic rings. The number of aliphatic hydroxyl groups excluding tert-OH is 1. The summed E-state index contributed by atoms with van der Waals surface area (Å²) in [5, 5.41) is 21.8. The highest BCUT2D eigenvalue weighted by atomic mass is 19.1. The van der Waals surface area contributed by atoms with Gasteiger partial charge in [0.25, 0.3) is 5.91 Å². The largest absolute Gasteiger partial charge is 0.507 e. The molecule has 4 nitrogen and oxygen atoms in total. The van der Waals surface area contributed by atoms with E-state index in [0.717, 1.165) is 17.7 Å². The van der Waals surface area contributed by atoms with E-state index in [1.807, 2.05) is 0 Å². The zero-order valence-electron chi connectivity index (χ0n) is 11.8. The van der Waals surface area contributed by atoms with E-state index < -0.39 is 29.2 Å². The minimum Gasteiger partial charge on any atom is -0.507 e. The van der Waals surface area contributed by atoms with Crippen molar-refractivity contribution in [2.24, 2.45) is 0 Å². The molecule has 3 N–H and O–H groups in total. The molecule has 0 heterocycles. The van der Waals surface area contributed by atoms with Crippen LogP contribution in [0.25, 0.3) is 0 Å². The summed E-state index contributed by atoms with van der Waals surface area (Å²) < 4.78 is 27.0. The first-order valence-electron chi connectivity index (χ1n) is 6.60. The summed E-state index contributed by atoms with van der Waals surface area (Å²) >= 11 is 0. The van der Waals surface area contributed by atoms with Crippen LogP contribution in [0.1, 0.15) is 27.6 Å². The molecule has 0 aliphatic heterocycles. The van der Waals surface area contributed by atoms with E-state index in [2.05, 4.69) is 5.32 Å². The first kappa shape index (κ1) is 15.9. The van der Waals surface area contributed by atoms with Crippen LogP contribution < -0.4 is 5.32 Å². The summed E-state index contributed by atoms with van der Waals surface area (Å²) in [6, 6.07) is 7.71. The molecule has 0 saturated carbocycles. The van der Waals surface area contributed by atoms with Crippen LogP contribution in [0.5, 0.6) is 5.75 Å². The minimum absolute atomic E-state index is 0.0289. The van der Waals surface area contributed by atoms with E-state index in [-0.39, 0.29) is 17.9 Å². The van der Waals surface area contributed by atoms with Gasteiger partial charge in [0.05, 0.1) is 11.1 Å². The molecule has 0 bridgehead atoms. The number of nitrogens with one attached hydrogen (secondary N) is 1. The van der Waals surface area contributed by atoms with Gasteiger partial charge >= 0.3 is 0 Å². The lowest BCUT2D eigenvalue weighted by atomic mass is 10.1. The third-order valence-electron chi connectivity index (χ3n) is 3.19. The number of aromatic hydroxyl groups is 1. The molecule has 116 valence electrons. The van der Waals surface area contributed by atoms with Crippen molar-refractivity contribution in [1.82, 2.24) is 5.32 Å². The number of hydrogen-bond acceptors (Lipinski definition) is 3. The van der Waals surface area contributed by atoms with Crippen molar-refractivity contribution in [2.45, 2.75) is 13.0 Å². The lowest BCUT2D eigenvalue weighted by Crippen LogP contribution is -2.29. The van der Waals surface area contributed by atoms with Crippen LogP contribution in [-0.4, -0.2) is 22.7 Å². The maximum atomic E-state index is 13.5. The zero-order valence-corrected chi connectivity index (χ0v) is 11.8. The standard InChI is InChI=1S/C16H15F2NO3/c1-9-5-6-13(20)10(7-9)16(22)19-8-14(21)15-11(17)3-2-4-12(15)18/h2-7,14,20-21H,8H2,1H3,(H,19,22). The monoisotopic (exact) mass is 307 g/mol. The quantitative estimate of drug-likeness (QED) is 0.812. The van der Waals surface area contributed by atoms with Crippen molar-refractivity contribution in [2.75, 3.05) is 6.54 Å². The van der Waals surface area contributed by atoms with E-state index in [1.54, 1.807) is 13.0 Å². The fourth-order valence-electron chi connectivity index (χ4n) is 2.05. The van der Waals surface area contributed by atoms with Crippen LogP contribution in [-0.2, 0) is 0 Å². The second kappa shape index (κ2) is 6.53. The summed E-state index contributed by atoms with van der Waals surface area (Å²) in [6.45, 7) is 1.36. The summed E-state index contributed by atoms with van der Waals surface area (Å²) in [7, 11) is 0. The van der Waals surface area contributed by atoms with Crippen molar-refractivity contribution in [3.8, 4) is 5.75 Å². The zero-order chi connectivity index (χ0) is 16.3. The molecular formula is C16H15F2NO3. The molecule has 1 unspecified atom stereocenters. The van der Waals surface area contributed by atoms with Crippen LogP contribution in [0, 0.1) is 18.6 Å². The van der Waals surface area contributed by atoms with Gasteiger partial charge in [0.15, 0.2) is 0 Å². The Kier molecular flexibility index (Phi) is 4.72. The molecule has 1 amide bonds. The molecule has 2 aromatic carbocycles. The number of amides is 1.